The minimum absolute atomic E-state index is 0.0458. The second kappa shape index (κ2) is 4.50. The van der Waals surface area contributed by atoms with Crippen LogP contribution in [0.4, 0.5) is 5.95 Å². The molecule has 0 aliphatic carbocycles. The standard InChI is InChI=1S/C8H10ClN5O2/c9-1-2-16-4-14-3-11-6-5(14)7(15)13-8(10)12-6/h3H,1-2,4H2,(H3,10,12,13,15). The quantitative estimate of drug-likeness (QED) is 0.578. The van der Waals surface area contributed by atoms with Crippen LogP contribution in [-0.2, 0) is 11.5 Å². The van der Waals surface area contributed by atoms with E-state index in [2.05, 4.69) is 15.0 Å². The Balaban J connectivity index is 2.37. The van der Waals surface area contributed by atoms with Crippen LogP contribution in [0.5, 0.6) is 0 Å². The molecule has 7 nitrogen and oxygen atoms in total. The van der Waals surface area contributed by atoms with Crippen LogP contribution in [0.3, 0.4) is 0 Å². The van der Waals surface area contributed by atoms with Crippen LogP contribution in [0.2, 0.25) is 0 Å². The van der Waals surface area contributed by atoms with Gasteiger partial charge in [0.1, 0.15) is 6.73 Å². The van der Waals surface area contributed by atoms with Crippen molar-refractivity contribution in [1.29, 1.82) is 0 Å². The Bertz CT molecular complexity index is 549. The van der Waals surface area contributed by atoms with E-state index < -0.39 is 0 Å². The Morgan fingerprint density at radius 3 is 3.19 bits per heavy atom. The lowest BCUT2D eigenvalue weighted by molar-refractivity contribution is 0.0919. The van der Waals surface area contributed by atoms with Crippen molar-refractivity contribution in [1.82, 2.24) is 19.5 Å². The molecule has 0 aliphatic rings. The van der Waals surface area contributed by atoms with Crippen molar-refractivity contribution >= 4 is 28.7 Å². The topological polar surface area (TPSA) is 98.8 Å². The van der Waals surface area contributed by atoms with Gasteiger partial charge in [0.25, 0.3) is 5.56 Å². The van der Waals surface area contributed by atoms with Crippen LogP contribution in [-0.4, -0.2) is 32.0 Å². The summed E-state index contributed by atoms with van der Waals surface area (Å²) in [6, 6.07) is 0. The van der Waals surface area contributed by atoms with Gasteiger partial charge in [0.05, 0.1) is 12.9 Å². The van der Waals surface area contributed by atoms with E-state index in [0.717, 1.165) is 0 Å². The van der Waals surface area contributed by atoms with Gasteiger partial charge in [-0.1, -0.05) is 0 Å². The van der Waals surface area contributed by atoms with Crippen LogP contribution in [0, 0.1) is 0 Å². The molecule has 0 amide bonds. The number of rotatable bonds is 4. The first kappa shape index (κ1) is 10.9. The van der Waals surface area contributed by atoms with Crippen molar-refractivity contribution < 1.29 is 4.74 Å². The zero-order valence-electron chi connectivity index (χ0n) is 8.31. The molecule has 8 heteroatoms. The lowest BCUT2D eigenvalue weighted by atomic mass is 10.5. The van der Waals surface area contributed by atoms with Gasteiger partial charge in [0.2, 0.25) is 5.95 Å². The van der Waals surface area contributed by atoms with Crippen molar-refractivity contribution in [3.05, 3.63) is 16.7 Å². The van der Waals surface area contributed by atoms with Crippen LogP contribution >= 0.6 is 11.6 Å². The Morgan fingerprint density at radius 2 is 2.44 bits per heavy atom. The van der Waals surface area contributed by atoms with Gasteiger partial charge in [-0.3, -0.25) is 9.78 Å². The maximum Gasteiger partial charge on any atom is 0.278 e. The van der Waals surface area contributed by atoms with E-state index in [9.17, 15) is 4.79 Å². The van der Waals surface area contributed by atoms with E-state index in [4.69, 9.17) is 22.1 Å². The van der Waals surface area contributed by atoms with E-state index in [1.54, 1.807) is 4.57 Å². The molecule has 2 aromatic heterocycles. The minimum atomic E-state index is -0.338. The summed E-state index contributed by atoms with van der Waals surface area (Å²) >= 11 is 5.47. The first-order valence-electron chi connectivity index (χ1n) is 4.56. The second-order valence-corrected chi connectivity index (χ2v) is 3.44. The molecular weight excluding hydrogens is 234 g/mol. The average molecular weight is 244 g/mol. The largest absolute Gasteiger partial charge is 0.369 e. The third kappa shape index (κ3) is 2.00. The van der Waals surface area contributed by atoms with Crippen molar-refractivity contribution in [2.24, 2.45) is 0 Å². The van der Waals surface area contributed by atoms with Crippen molar-refractivity contribution in [2.75, 3.05) is 18.2 Å². The smallest absolute Gasteiger partial charge is 0.278 e. The number of anilines is 1. The number of alkyl halides is 1. The maximum absolute atomic E-state index is 11.6. The molecule has 86 valence electrons. The number of hydrogen-bond donors (Lipinski definition) is 2. The zero-order chi connectivity index (χ0) is 11.5. The third-order valence-electron chi connectivity index (χ3n) is 1.95. The number of nitrogen functional groups attached to an aromatic ring is 1. The van der Waals surface area contributed by atoms with Crippen LogP contribution in [0.1, 0.15) is 0 Å². The summed E-state index contributed by atoms with van der Waals surface area (Å²) < 4.78 is 6.75. The summed E-state index contributed by atoms with van der Waals surface area (Å²) in [5.41, 5.74) is 5.69. The molecule has 0 bridgehead atoms. The average Bonchev–Trinajstić information content (AvgIpc) is 2.62. The van der Waals surface area contributed by atoms with Gasteiger partial charge in [-0.25, -0.2) is 4.98 Å². The molecule has 0 spiro atoms. The number of H-pyrrole nitrogens is 1. The Hall–Kier alpha value is -1.60. The van der Waals surface area contributed by atoms with Crippen LogP contribution in [0.15, 0.2) is 11.1 Å². The van der Waals surface area contributed by atoms with Gasteiger partial charge in [0, 0.05) is 5.88 Å². The number of halogens is 1. The first-order valence-corrected chi connectivity index (χ1v) is 5.10. The Labute approximate surface area is 95.2 Å². The molecule has 2 heterocycles. The highest BCUT2D eigenvalue weighted by Crippen LogP contribution is 2.05. The summed E-state index contributed by atoms with van der Waals surface area (Å²) in [6.45, 7) is 0.611. The molecule has 3 N–H and O–H groups in total. The van der Waals surface area contributed by atoms with Crippen molar-refractivity contribution in [3.8, 4) is 0 Å². The highest BCUT2D eigenvalue weighted by molar-refractivity contribution is 6.17. The Kier molecular flexibility index (Phi) is 3.07. The van der Waals surface area contributed by atoms with Gasteiger partial charge in [-0.15, -0.1) is 11.6 Å². The number of imidazole rings is 1. The maximum atomic E-state index is 11.6. The number of nitrogens with one attached hydrogen (secondary N) is 1. The number of ether oxygens (including phenoxy) is 1. The summed E-state index contributed by atoms with van der Waals surface area (Å²) in [5.74, 6) is 0.443. The van der Waals surface area contributed by atoms with Gasteiger partial charge in [-0.05, 0) is 0 Å². The van der Waals surface area contributed by atoms with Gasteiger partial charge in [0.15, 0.2) is 11.2 Å². The molecule has 0 saturated heterocycles. The van der Waals surface area contributed by atoms with E-state index in [0.29, 0.717) is 23.7 Å². The minimum Gasteiger partial charge on any atom is -0.369 e. The van der Waals surface area contributed by atoms with Gasteiger partial charge < -0.3 is 15.0 Å². The normalized spacial score (nSPS) is 11.1. The molecule has 0 radical (unpaired) electrons. The molecule has 2 rings (SSSR count). The molecule has 16 heavy (non-hydrogen) atoms. The third-order valence-corrected chi connectivity index (χ3v) is 2.11. The van der Waals surface area contributed by atoms with E-state index >= 15 is 0 Å². The molecule has 0 aliphatic heterocycles. The van der Waals surface area contributed by atoms with Gasteiger partial charge in [-0.2, -0.15) is 4.98 Å². The number of hydrogen-bond acceptors (Lipinski definition) is 5. The highest BCUT2D eigenvalue weighted by atomic mass is 35.5. The number of fused-ring (bicyclic) bond motifs is 1. The fourth-order valence-corrected chi connectivity index (χ4v) is 1.43. The Morgan fingerprint density at radius 1 is 1.62 bits per heavy atom. The summed E-state index contributed by atoms with van der Waals surface area (Å²) in [4.78, 5) is 21.8. The molecule has 0 fully saturated rings. The monoisotopic (exact) mass is 243 g/mol. The predicted molar refractivity (Wildman–Crippen MR) is 59.2 cm³/mol. The number of aromatic amines is 1. The fraction of sp³-hybridized carbons (Fsp3) is 0.375. The second-order valence-electron chi connectivity index (χ2n) is 3.06. The zero-order valence-corrected chi connectivity index (χ0v) is 9.07. The lowest BCUT2D eigenvalue weighted by Crippen LogP contribution is -2.15. The highest BCUT2D eigenvalue weighted by Gasteiger charge is 2.08. The fourth-order valence-electron chi connectivity index (χ4n) is 1.32. The summed E-state index contributed by atoms with van der Waals surface area (Å²) in [6.07, 6.45) is 1.47. The van der Waals surface area contributed by atoms with Crippen LogP contribution < -0.4 is 11.3 Å². The van der Waals surface area contributed by atoms with Crippen molar-refractivity contribution in [3.63, 3.8) is 0 Å². The molecule has 2 aromatic rings. The molecule has 0 aromatic carbocycles. The summed E-state index contributed by atoms with van der Waals surface area (Å²) in [5, 5.41) is 0. The molecule has 0 unspecified atom stereocenters. The summed E-state index contributed by atoms with van der Waals surface area (Å²) in [7, 11) is 0. The lowest BCUT2D eigenvalue weighted by Gasteiger charge is -2.03. The van der Waals surface area contributed by atoms with E-state index in [1.807, 2.05) is 0 Å². The van der Waals surface area contributed by atoms with E-state index in [1.165, 1.54) is 6.33 Å². The van der Waals surface area contributed by atoms with Gasteiger partial charge >= 0.3 is 0 Å². The predicted octanol–water partition coefficient (Wildman–Crippen LogP) is -0.0853. The SMILES string of the molecule is Nc1nc2ncn(COCCCl)c2c(=O)[nH]1. The first-order chi connectivity index (χ1) is 7.72. The number of nitrogens with two attached hydrogens (primary N) is 1. The molecular formula is C8H10ClN5O2. The van der Waals surface area contributed by atoms with Crippen molar-refractivity contribution in [2.45, 2.75) is 6.73 Å². The van der Waals surface area contributed by atoms with E-state index in [-0.39, 0.29) is 18.2 Å². The van der Waals surface area contributed by atoms with Crippen LogP contribution in [0.25, 0.3) is 11.2 Å². The molecule has 0 saturated carbocycles. The number of nitrogens with zero attached hydrogens (tertiary/aromatic N) is 3. The molecule has 0 atom stereocenters. The number of aromatic nitrogens is 4.